The summed E-state index contributed by atoms with van der Waals surface area (Å²) in [5.41, 5.74) is -0.686. The molecule has 0 aliphatic carbocycles. The highest BCUT2D eigenvalue weighted by Gasteiger charge is 2.38. The molecule has 0 saturated heterocycles. The van der Waals surface area contributed by atoms with E-state index in [0.29, 0.717) is 12.0 Å². The van der Waals surface area contributed by atoms with Crippen LogP contribution in [-0.4, -0.2) is 28.9 Å². The summed E-state index contributed by atoms with van der Waals surface area (Å²) in [6.07, 6.45) is 2.04. The Hall–Kier alpha value is -1.33. The monoisotopic (exact) mass is 253 g/mol. The highest BCUT2D eigenvalue weighted by molar-refractivity contribution is 8.00. The van der Waals surface area contributed by atoms with E-state index in [1.54, 1.807) is 37.4 Å². The molecule has 0 radical (unpaired) electrons. The van der Waals surface area contributed by atoms with Gasteiger partial charge in [-0.1, -0.05) is 30.3 Å². The van der Waals surface area contributed by atoms with E-state index < -0.39 is 16.8 Å². The summed E-state index contributed by atoms with van der Waals surface area (Å²) >= 11 is 1.20. The summed E-state index contributed by atoms with van der Waals surface area (Å²) < 4.78 is 0. The quantitative estimate of drug-likeness (QED) is 0.765. The lowest BCUT2D eigenvalue weighted by atomic mass is 9.92. The summed E-state index contributed by atoms with van der Waals surface area (Å²) in [5.74, 6) is -0.499. The lowest BCUT2D eigenvalue weighted by Crippen LogP contribution is -2.45. The maximum atomic E-state index is 11.7. The number of aliphatic hydroxyl groups is 1. The van der Waals surface area contributed by atoms with Crippen LogP contribution in [0.15, 0.2) is 30.3 Å². The Balaban J connectivity index is 3.01. The predicted octanol–water partition coefficient (Wildman–Crippen LogP) is 0.898. The van der Waals surface area contributed by atoms with Crippen LogP contribution >= 0.6 is 11.8 Å². The topological polar surface area (TPSA) is 66.4 Å². The number of nitrogens with one attached hydrogen (secondary N) is 1. The van der Waals surface area contributed by atoms with Crippen molar-refractivity contribution in [3.63, 3.8) is 0 Å². The molecule has 2 amide bonds. The normalized spacial score (nSPS) is 15.7. The predicted molar refractivity (Wildman–Crippen MR) is 67.5 cm³/mol. The van der Waals surface area contributed by atoms with Crippen molar-refractivity contribution in [2.45, 2.75) is 17.8 Å². The highest BCUT2D eigenvalue weighted by atomic mass is 32.2. The standard InChI is InChI=1S/C12H15NO3S/c1-12(16,9-6-4-3-5-7-9)10(17-2)11(15)13-8-14/h3-8,10,16H,1-2H3,(H,13,14,15). The minimum Gasteiger partial charge on any atom is -0.384 e. The minimum absolute atomic E-state index is 0.326. The third kappa shape index (κ3) is 3.08. The first-order chi connectivity index (χ1) is 8.04. The van der Waals surface area contributed by atoms with E-state index in [9.17, 15) is 14.7 Å². The van der Waals surface area contributed by atoms with Gasteiger partial charge in [0.1, 0.15) is 10.9 Å². The molecule has 0 heterocycles. The SMILES string of the molecule is CSC(C(=O)NC=O)C(C)(O)c1ccccc1. The van der Waals surface area contributed by atoms with Gasteiger partial charge in [0, 0.05) is 0 Å². The molecular weight excluding hydrogens is 238 g/mol. The van der Waals surface area contributed by atoms with Gasteiger partial charge in [-0.25, -0.2) is 0 Å². The Morgan fingerprint density at radius 1 is 1.47 bits per heavy atom. The van der Waals surface area contributed by atoms with Crippen LogP contribution in [0.2, 0.25) is 0 Å². The van der Waals surface area contributed by atoms with Crippen LogP contribution in [-0.2, 0) is 15.2 Å². The first-order valence-electron chi connectivity index (χ1n) is 5.08. The number of imide groups is 1. The summed E-state index contributed by atoms with van der Waals surface area (Å²) in [6, 6.07) is 8.91. The molecule has 5 heteroatoms. The van der Waals surface area contributed by atoms with Crippen molar-refractivity contribution in [1.82, 2.24) is 5.32 Å². The Labute approximate surface area is 104 Å². The minimum atomic E-state index is -1.33. The first-order valence-corrected chi connectivity index (χ1v) is 6.37. The number of hydrogen-bond donors (Lipinski definition) is 2. The van der Waals surface area contributed by atoms with Gasteiger partial charge in [0.15, 0.2) is 0 Å². The van der Waals surface area contributed by atoms with Crippen molar-refractivity contribution in [2.24, 2.45) is 0 Å². The van der Waals surface area contributed by atoms with Gasteiger partial charge in [-0.3, -0.25) is 14.9 Å². The van der Waals surface area contributed by atoms with Crippen molar-refractivity contribution in [3.05, 3.63) is 35.9 Å². The van der Waals surface area contributed by atoms with Gasteiger partial charge in [0.2, 0.25) is 12.3 Å². The molecule has 2 unspecified atom stereocenters. The summed E-state index contributed by atoms with van der Waals surface area (Å²) in [6.45, 7) is 1.56. The molecule has 1 rings (SSSR count). The van der Waals surface area contributed by atoms with E-state index >= 15 is 0 Å². The van der Waals surface area contributed by atoms with Gasteiger partial charge < -0.3 is 5.11 Å². The zero-order chi connectivity index (χ0) is 12.9. The Morgan fingerprint density at radius 2 is 2.06 bits per heavy atom. The van der Waals surface area contributed by atoms with E-state index in [4.69, 9.17) is 0 Å². The lowest BCUT2D eigenvalue weighted by molar-refractivity contribution is -0.128. The molecule has 0 bridgehead atoms. The van der Waals surface area contributed by atoms with Crippen molar-refractivity contribution < 1.29 is 14.7 Å². The average Bonchev–Trinajstić information content (AvgIpc) is 2.31. The number of thioether (sulfide) groups is 1. The smallest absolute Gasteiger partial charge is 0.242 e. The van der Waals surface area contributed by atoms with E-state index in [1.807, 2.05) is 6.07 Å². The second-order valence-corrected chi connectivity index (χ2v) is 4.70. The molecule has 92 valence electrons. The van der Waals surface area contributed by atoms with Gasteiger partial charge in [-0.2, -0.15) is 0 Å². The molecule has 4 nitrogen and oxygen atoms in total. The fourth-order valence-electron chi connectivity index (χ4n) is 1.65. The maximum absolute atomic E-state index is 11.7. The number of amides is 2. The zero-order valence-electron chi connectivity index (χ0n) is 9.71. The second kappa shape index (κ2) is 5.84. The molecule has 17 heavy (non-hydrogen) atoms. The highest BCUT2D eigenvalue weighted by Crippen LogP contribution is 2.31. The van der Waals surface area contributed by atoms with Crippen molar-refractivity contribution >= 4 is 24.1 Å². The van der Waals surface area contributed by atoms with Crippen LogP contribution < -0.4 is 5.32 Å². The number of hydrogen-bond acceptors (Lipinski definition) is 4. The average molecular weight is 253 g/mol. The zero-order valence-corrected chi connectivity index (χ0v) is 10.5. The van der Waals surface area contributed by atoms with Gasteiger partial charge in [0.25, 0.3) is 0 Å². The van der Waals surface area contributed by atoms with Crippen LogP contribution in [0, 0.1) is 0 Å². The summed E-state index contributed by atoms with van der Waals surface area (Å²) in [4.78, 5) is 21.9. The van der Waals surface area contributed by atoms with Crippen molar-refractivity contribution in [3.8, 4) is 0 Å². The molecule has 1 aromatic carbocycles. The maximum Gasteiger partial charge on any atom is 0.242 e. The third-order valence-corrected chi connectivity index (χ3v) is 3.69. The molecule has 0 fully saturated rings. The molecule has 2 N–H and O–H groups in total. The number of rotatable bonds is 5. The largest absolute Gasteiger partial charge is 0.384 e. The van der Waals surface area contributed by atoms with E-state index in [0.717, 1.165) is 0 Å². The molecule has 2 atom stereocenters. The van der Waals surface area contributed by atoms with E-state index in [1.165, 1.54) is 11.8 Å². The van der Waals surface area contributed by atoms with Crippen molar-refractivity contribution in [2.75, 3.05) is 6.26 Å². The Bertz CT molecular complexity index is 392. The Morgan fingerprint density at radius 3 is 2.53 bits per heavy atom. The molecule has 1 aromatic rings. The van der Waals surface area contributed by atoms with Crippen LogP contribution in [0.4, 0.5) is 0 Å². The lowest BCUT2D eigenvalue weighted by Gasteiger charge is -2.30. The van der Waals surface area contributed by atoms with Gasteiger partial charge in [-0.15, -0.1) is 11.8 Å². The first kappa shape index (κ1) is 13.7. The molecule has 0 aliphatic heterocycles. The van der Waals surface area contributed by atoms with Gasteiger partial charge >= 0.3 is 0 Å². The number of benzene rings is 1. The van der Waals surface area contributed by atoms with Crippen LogP contribution in [0.25, 0.3) is 0 Å². The van der Waals surface area contributed by atoms with Crippen LogP contribution in [0.5, 0.6) is 0 Å². The van der Waals surface area contributed by atoms with Crippen LogP contribution in [0.3, 0.4) is 0 Å². The number of carbonyl (C=O) groups excluding carboxylic acids is 2. The van der Waals surface area contributed by atoms with Crippen molar-refractivity contribution in [1.29, 1.82) is 0 Å². The Kier molecular flexibility index (Phi) is 4.72. The molecule has 0 saturated carbocycles. The van der Waals surface area contributed by atoms with Gasteiger partial charge in [0.05, 0.1) is 0 Å². The molecule has 0 aliphatic rings. The molecular formula is C12H15NO3S. The van der Waals surface area contributed by atoms with Crippen LogP contribution in [0.1, 0.15) is 12.5 Å². The third-order valence-electron chi connectivity index (χ3n) is 2.54. The fraction of sp³-hybridized carbons (Fsp3) is 0.333. The summed E-state index contributed by atoms with van der Waals surface area (Å²) in [7, 11) is 0. The van der Waals surface area contributed by atoms with E-state index in [-0.39, 0.29) is 0 Å². The second-order valence-electron chi connectivity index (χ2n) is 3.76. The number of carbonyl (C=O) groups is 2. The van der Waals surface area contributed by atoms with E-state index in [2.05, 4.69) is 5.32 Å². The van der Waals surface area contributed by atoms with Gasteiger partial charge in [-0.05, 0) is 18.7 Å². The fourth-order valence-corrected chi connectivity index (χ4v) is 2.53. The molecule has 0 spiro atoms. The summed E-state index contributed by atoms with van der Waals surface area (Å²) in [5, 5.41) is 11.8. The molecule has 0 aromatic heterocycles.